The third-order valence-electron chi connectivity index (χ3n) is 2.09. The summed E-state index contributed by atoms with van der Waals surface area (Å²) in [6.45, 7) is 2.06. The fraction of sp³-hybridized carbons (Fsp3) is 0.300. The van der Waals surface area contributed by atoms with Gasteiger partial charge in [-0.15, -0.1) is 11.3 Å². The Kier molecular flexibility index (Phi) is 2.74. The molecule has 84 valence electrons. The largest absolute Gasteiger partial charge is 0.462 e. The van der Waals surface area contributed by atoms with E-state index in [-0.39, 0.29) is 5.56 Å². The normalized spacial score (nSPS) is 10.6. The molecule has 0 spiro atoms. The SMILES string of the molecule is CCOC(=O)c1cc2c(=O)n(C)cnc2s1. The molecule has 2 aromatic rings. The van der Waals surface area contributed by atoms with Gasteiger partial charge in [-0.1, -0.05) is 0 Å². The molecule has 0 saturated carbocycles. The maximum Gasteiger partial charge on any atom is 0.348 e. The Hall–Kier alpha value is -1.69. The van der Waals surface area contributed by atoms with Crippen molar-refractivity contribution >= 4 is 27.5 Å². The van der Waals surface area contributed by atoms with Crippen LogP contribution in [0.1, 0.15) is 16.6 Å². The standard InChI is InChI=1S/C10H10N2O3S/c1-3-15-10(14)7-4-6-8(16-7)11-5-12(2)9(6)13/h4-5H,3H2,1-2H3. The zero-order chi connectivity index (χ0) is 11.7. The smallest absolute Gasteiger partial charge is 0.348 e. The van der Waals surface area contributed by atoms with Crippen LogP contribution in [0, 0.1) is 0 Å². The van der Waals surface area contributed by atoms with Crippen molar-refractivity contribution in [1.82, 2.24) is 9.55 Å². The minimum Gasteiger partial charge on any atom is -0.462 e. The summed E-state index contributed by atoms with van der Waals surface area (Å²) in [6, 6.07) is 1.54. The van der Waals surface area contributed by atoms with Gasteiger partial charge in [-0.3, -0.25) is 4.79 Å². The van der Waals surface area contributed by atoms with Crippen LogP contribution in [0.5, 0.6) is 0 Å². The number of rotatable bonds is 2. The first-order chi connectivity index (χ1) is 7.63. The van der Waals surface area contributed by atoms with Crippen molar-refractivity contribution in [3.05, 3.63) is 27.6 Å². The van der Waals surface area contributed by atoms with Crippen molar-refractivity contribution in [1.29, 1.82) is 0 Å². The highest BCUT2D eigenvalue weighted by Crippen LogP contribution is 2.21. The molecule has 0 atom stereocenters. The molecule has 0 fully saturated rings. The summed E-state index contributed by atoms with van der Waals surface area (Å²) in [5.41, 5.74) is -0.156. The number of esters is 1. The molecule has 0 unspecified atom stereocenters. The molecule has 0 bridgehead atoms. The van der Waals surface area contributed by atoms with Crippen LogP contribution in [-0.4, -0.2) is 22.1 Å². The van der Waals surface area contributed by atoms with Crippen LogP contribution >= 0.6 is 11.3 Å². The molecule has 2 aromatic heterocycles. The number of carbonyl (C=O) groups is 1. The van der Waals surface area contributed by atoms with Crippen LogP contribution < -0.4 is 5.56 Å². The van der Waals surface area contributed by atoms with E-state index in [1.165, 1.54) is 28.3 Å². The zero-order valence-corrected chi connectivity index (χ0v) is 9.71. The highest BCUT2D eigenvalue weighted by molar-refractivity contribution is 7.20. The maximum absolute atomic E-state index is 11.7. The molecule has 5 nitrogen and oxygen atoms in total. The topological polar surface area (TPSA) is 61.2 Å². The molecule has 0 amide bonds. The molecule has 0 saturated heterocycles. The monoisotopic (exact) mass is 238 g/mol. The molecular weight excluding hydrogens is 228 g/mol. The highest BCUT2D eigenvalue weighted by atomic mass is 32.1. The lowest BCUT2D eigenvalue weighted by Crippen LogP contribution is -2.15. The van der Waals surface area contributed by atoms with Gasteiger partial charge >= 0.3 is 5.97 Å². The quantitative estimate of drug-likeness (QED) is 0.737. The summed E-state index contributed by atoms with van der Waals surface area (Å²) < 4.78 is 6.24. The van der Waals surface area contributed by atoms with E-state index in [0.29, 0.717) is 21.7 Å². The number of nitrogens with zero attached hydrogens (tertiary/aromatic N) is 2. The first-order valence-electron chi connectivity index (χ1n) is 4.75. The molecule has 2 heterocycles. The fourth-order valence-corrected chi connectivity index (χ4v) is 2.20. The molecule has 0 aromatic carbocycles. The van der Waals surface area contributed by atoms with Gasteiger partial charge in [-0.05, 0) is 13.0 Å². The second-order valence-electron chi connectivity index (χ2n) is 3.21. The average Bonchev–Trinajstić information content (AvgIpc) is 2.69. The number of aromatic nitrogens is 2. The Morgan fingerprint density at radius 2 is 2.38 bits per heavy atom. The summed E-state index contributed by atoms with van der Waals surface area (Å²) in [4.78, 5) is 28.2. The molecule has 0 aliphatic rings. The Bertz CT molecular complexity index is 600. The van der Waals surface area contributed by atoms with Gasteiger partial charge in [0, 0.05) is 7.05 Å². The molecule has 2 rings (SSSR count). The lowest BCUT2D eigenvalue weighted by Gasteiger charge is -1.95. The van der Waals surface area contributed by atoms with Crippen molar-refractivity contribution in [2.45, 2.75) is 6.92 Å². The average molecular weight is 238 g/mol. The first-order valence-corrected chi connectivity index (χ1v) is 5.57. The third kappa shape index (κ3) is 1.71. The molecular formula is C10H10N2O3S. The van der Waals surface area contributed by atoms with Crippen LogP contribution in [0.15, 0.2) is 17.2 Å². The first kappa shape index (κ1) is 10.8. The van der Waals surface area contributed by atoms with E-state index < -0.39 is 5.97 Å². The number of hydrogen-bond acceptors (Lipinski definition) is 5. The predicted octanol–water partition coefficient (Wildman–Crippen LogP) is 1.17. The summed E-state index contributed by atoms with van der Waals surface area (Å²) >= 11 is 1.17. The number of ether oxygens (including phenoxy) is 1. The fourth-order valence-electron chi connectivity index (χ4n) is 1.31. The van der Waals surface area contributed by atoms with E-state index in [1.807, 2.05) is 0 Å². The minimum absolute atomic E-state index is 0.156. The Labute approximate surface area is 95.3 Å². The third-order valence-corrected chi connectivity index (χ3v) is 3.11. The number of carbonyl (C=O) groups excluding carboxylic acids is 1. The van der Waals surface area contributed by atoms with Gasteiger partial charge in [0.25, 0.3) is 5.56 Å². The van der Waals surface area contributed by atoms with Crippen LogP contribution in [0.25, 0.3) is 10.2 Å². The summed E-state index contributed by atoms with van der Waals surface area (Å²) in [6.07, 6.45) is 1.44. The van der Waals surface area contributed by atoms with Crippen LogP contribution in [0.4, 0.5) is 0 Å². The second kappa shape index (κ2) is 4.05. The van der Waals surface area contributed by atoms with Gasteiger partial charge in [-0.2, -0.15) is 0 Å². The highest BCUT2D eigenvalue weighted by Gasteiger charge is 2.13. The van der Waals surface area contributed by atoms with E-state index in [2.05, 4.69) is 4.98 Å². The molecule has 6 heteroatoms. The van der Waals surface area contributed by atoms with Crippen LogP contribution in [0.2, 0.25) is 0 Å². The lowest BCUT2D eigenvalue weighted by atomic mass is 10.3. The van der Waals surface area contributed by atoms with Gasteiger partial charge in [-0.25, -0.2) is 9.78 Å². The van der Waals surface area contributed by atoms with E-state index in [9.17, 15) is 9.59 Å². The van der Waals surface area contributed by atoms with Gasteiger partial charge in [0.2, 0.25) is 0 Å². The number of hydrogen-bond donors (Lipinski definition) is 0. The van der Waals surface area contributed by atoms with Crippen molar-refractivity contribution in [2.75, 3.05) is 6.61 Å². The number of fused-ring (bicyclic) bond motifs is 1. The van der Waals surface area contributed by atoms with Gasteiger partial charge in [0.05, 0.1) is 18.3 Å². The van der Waals surface area contributed by atoms with Crippen LogP contribution in [0.3, 0.4) is 0 Å². The molecule has 0 radical (unpaired) electrons. The van der Waals surface area contributed by atoms with Crippen molar-refractivity contribution in [2.24, 2.45) is 7.05 Å². The molecule has 0 N–H and O–H groups in total. The van der Waals surface area contributed by atoms with Crippen molar-refractivity contribution in [3.8, 4) is 0 Å². The number of aryl methyl sites for hydroxylation is 1. The van der Waals surface area contributed by atoms with Gasteiger partial charge in [0.15, 0.2) is 0 Å². The lowest BCUT2D eigenvalue weighted by molar-refractivity contribution is 0.0532. The molecule has 0 aliphatic heterocycles. The number of thiophene rings is 1. The van der Waals surface area contributed by atoms with E-state index >= 15 is 0 Å². The Morgan fingerprint density at radius 1 is 1.62 bits per heavy atom. The van der Waals surface area contributed by atoms with E-state index in [0.717, 1.165) is 0 Å². The van der Waals surface area contributed by atoms with E-state index in [4.69, 9.17) is 4.74 Å². The second-order valence-corrected chi connectivity index (χ2v) is 4.24. The van der Waals surface area contributed by atoms with Crippen molar-refractivity contribution < 1.29 is 9.53 Å². The molecule has 16 heavy (non-hydrogen) atoms. The van der Waals surface area contributed by atoms with Gasteiger partial charge in [0.1, 0.15) is 9.71 Å². The Balaban J connectivity index is 2.56. The Morgan fingerprint density at radius 3 is 3.06 bits per heavy atom. The summed E-state index contributed by atoms with van der Waals surface area (Å²) in [5, 5.41) is 0.457. The van der Waals surface area contributed by atoms with Crippen LogP contribution in [-0.2, 0) is 11.8 Å². The van der Waals surface area contributed by atoms with E-state index in [1.54, 1.807) is 14.0 Å². The minimum atomic E-state index is -0.410. The predicted molar refractivity (Wildman–Crippen MR) is 60.8 cm³/mol. The summed E-state index contributed by atoms with van der Waals surface area (Å²) in [7, 11) is 1.62. The van der Waals surface area contributed by atoms with Crippen molar-refractivity contribution in [3.63, 3.8) is 0 Å². The molecule has 0 aliphatic carbocycles. The maximum atomic E-state index is 11.7. The zero-order valence-electron chi connectivity index (χ0n) is 8.89. The van der Waals surface area contributed by atoms with Gasteiger partial charge < -0.3 is 9.30 Å². The summed E-state index contributed by atoms with van der Waals surface area (Å²) in [5.74, 6) is -0.410.